The van der Waals surface area contributed by atoms with E-state index in [-0.39, 0.29) is 11.7 Å². The van der Waals surface area contributed by atoms with Crippen molar-refractivity contribution >= 4 is 22.5 Å². The van der Waals surface area contributed by atoms with Crippen LogP contribution in [-0.2, 0) is 11.3 Å². The molecule has 5 nitrogen and oxygen atoms in total. The predicted octanol–water partition coefficient (Wildman–Crippen LogP) is 3.42. The molecule has 1 aromatic heterocycles. The molecule has 4 rings (SSSR count). The minimum atomic E-state index is -0.312. The van der Waals surface area contributed by atoms with Crippen LogP contribution in [0.4, 0.5) is 10.1 Å². The number of hydrogen-bond donors (Lipinski definition) is 1. The van der Waals surface area contributed by atoms with E-state index in [2.05, 4.69) is 22.0 Å². The van der Waals surface area contributed by atoms with E-state index < -0.39 is 0 Å². The van der Waals surface area contributed by atoms with Crippen molar-refractivity contribution in [2.45, 2.75) is 6.54 Å². The Labute approximate surface area is 157 Å². The third-order valence-electron chi connectivity index (χ3n) is 4.91. The molecule has 0 bridgehead atoms. The Balaban J connectivity index is 1.54. The van der Waals surface area contributed by atoms with Crippen LogP contribution in [0.5, 0.6) is 0 Å². The van der Waals surface area contributed by atoms with Gasteiger partial charge in [0.1, 0.15) is 11.5 Å². The lowest BCUT2D eigenvalue weighted by atomic mass is 10.1. The average molecular weight is 367 g/mol. The third kappa shape index (κ3) is 3.66. The number of morpholine rings is 1. The van der Waals surface area contributed by atoms with E-state index in [1.807, 2.05) is 12.1 Å². The maximum Gasteiger partial charge on any atom is 0.270 e. The van der Waals surface area contributed by atoms with Crippen LogP contribution in [0.25, 0.3) is 10.9 Å². The third-order valence-corrected chi connectivity index (χ3v) is 4.91. The topological polar surface area (TPSA) is 48.6 Å². The summed E-state index contributed by atoms with van der Waals surface area (Å²) in [7, 11) is 1.78. The molecule has 27 heavy (non-hydrogen) atoms. The molecule has 140 valence electrons. The smallest absolute Gasteiger partial charge is 0.270 e. The number of benzene rings is 2. The minimum Gasteiger partial charge on any atom is -0.378 e. The number of ether oxygens (including phenoxy) is 1. The number of para-hydroxylation sites is 1. The van der Waals surface area contributed by atoms with Crippen molar-refractivity contribution in [1.29, 1.82) is 0 Å². The number of aromatic nitrogens is 1. The Kier molecular flexibility index (Phi) is 4.81. The van der Waals surface area contributed by atoms with Crippen molar-refractivity contribution in [2.75, 3.05) is 38.3 Å². The standard InChI is InChI=1S/C21H22FN3O2/c1-24(21(26)19-13-16-12-17(22)6-7-18(16)23-19)14-15-4-2-3-5-20(15)25-8-10-27-11-9-25/h2-7,12-13,23H,8-11,14H2,1H3. The molecule has 1 N–H and O–H groups in total. The fourth-order valence-corrected chi connectivity index (χ4v) is 3.51. The number of anilines is 1. The van der Waals surface area contributed by atoms with Crippen LogP contribution in [-0.4, -0.2) is 49.1 Å². The summed E-state index contributed by atoms with van der Waals surface area (Å²) in [6.45, 7) is 3.63. The molecule has 1 aliphatic rings. The van der Waals surface area contributed by atoms with Gasteiger partial charge >= 0.3 is 0 Å². The van der Waals surface area contributed by atoms with Crippen LogP contribution in [0.2, 0.25) is 0 Å². The van der Waals surface area contributed by atoms with Crippen molar-refractivity contribution in [3.8, 4) is 0 Å². The van der Waals surface area contributed by atoms with Crippen molar-refractivity contribution in [2.24, 2.45) is 0 Å². The molecule has 0 unspecified atom stereocenters. The van der Waals surface area contributed by atoms with E-state index >= 15 is 0 Å². The maximum absolute atomic E-state index is 13.4. The molecule has 1 saturated heterocycles. The van der Waals surface area contributed by atoms with Crippen molar-refractivity contribution in [3.05, 3.63) is 65.6 Å². The number of halogens is 1. The second kappa shape index (κ2) is 7.40. The molecule has 2 aromatic carbocycles. The van der Waals surface area contributed by atoms with Crippen molar-refractivity contribution in [3.63, 3.8) is 0 Å². The zero-order valence-electron chi connectivity index (χ0n) is 15.2. The number of nitrogens with one attached hydrogen (secondary N) is 1. The van der Waals surface area contributed by atoms with Crippen LogP contribution in [0.1, 0.15) is 16.1 Å². The van der Waals surface area contributed by atoms with Gasteiger partial charge in [-0.3, -0.25) is 4.79 Å². The molecule has 0 aliphatic carbocycles. The van der Waals surface area contributed by atoms with Gasteiger partial charge in [-0.05, 0) is 35.9 Å². The largest absolute Gasteiger partial charge is 0.378 e. The molecule has 0 saturated carbocycles. The van der Waals surface area contributed by atoms with E-state index in [0.29, 0.717) is 30.8 Å². The van der Waals surface area contributed by atoms with E-state index in [0.717, 1.165) is 29.9 Å². The lowest BCUT2D eigenvalue weighted by molar-refractivity contribution is 0.0780. The molecule has 1 aliphatic heterocycles. The molecule has 0 atom stereocenters. The Morgan fingerprint density at radius 2 is 1.96 bits per heavy atom. The molecule has 0 spiro atoms. The predicted molar refractivity (Wildman–Crippen MR) is 104 cm³/mol. The van der Waals surface area contributed by atoms with Gasteiger partial charge in [0.15, 0.2) is 0 Å². The summed E-state index contributed by atoms with van der Waals surface area (Å²) >= 11 is 0. The molecular formula is C21H22FN3O2. The molecule has 1 fully saturated rings. The van der Waals surface area contributed by atoms with E-state index in [1.54, 1.807) is 24.1 Å². The summed E-state index contributed by atoms with van der Waals surface area (Å²) in [5, 5.41) is 0.695. The number of nitrogens with zero attached hydrogens (tertiary/aromatic N) is 2. The van der Waals surface area contributed by atoms with Crippen molar-refractivity contribution < 1.29 is 13.9 Å². The number of H-pyrrole nitrogens is 1. The highest BCUT2D eigenvalue weighted by Gasteiger charge is 2.19. The van der Waals surface area contributed by atoms with Gasteiger partial charge in [0.2, 0.25) is 0 Å². The van der Waals surface area contributed by atoms with Crippen LogP contribution in [0.15, 0.2) is 48.5 Å². The summed E-state index contributed by atoms with van der Waals surface area (Å²) in [4.78, 5) is 19.9. The van der Waals surface area contributed by atoms with E-state index in [1.165, 1.54) is 12.1 Å². The van der Waals surface area contributed by atoms with E-state index in [4.69, 9.17) is 4.74 Å². The fourth-order valence-electron chi connectivity index (χ4n) is 3.51. The Morgan fingerprint density at radius 3 is 2.78 bits per heavy atom. The van der Waals surface area contributed by atoms with Gasteiger partial charge in [0, 0.05) is 43.3 Å². The zero-order valence-corrected chi connectivity index (χ0v) is 15.2. The first-order valence-corrected chi connectivity index (χ1v) is 9.06. The average Bonchev–Trinajstić information content (AvgIpc) is 3.11. The number of carbonyl (C=O) groups excluding carboxylic acids is 1. The van der Waals surface area contributed by atoms with Gasteiger partial charge in [-0.1, -0.05) is 18.2 Å². The Hall–Kier alpha value is -2.86. The highest BCUT2D eigenvalue weighted by Crippen LogP contribution is 2.24. The molecule has 6 heteroatoms. The highest BCUT2D eigenvalue weighted by atomic mass is 19.1. The minimum absolute atomic E-state index is 0.122. The molecule has 0 radical (unpaired) electrons. The fraction of sp³-hybridized carbons (Fsp3) is 0.286. The zero-order chi connectivity index (χ0) is 18.8. The number of carbonyl (C=O) groups is 1. The number of hydrogen-bond acceptors (Lipinski definition) is 3. The number of rotatable bonds is 4. The van der Waals surface area contributed by atoms with Gasteiger partial charge in [-0.15, -0.1) is 0 Å². The number of aromatic amines is 1. The lowest BCUT2D eigenvalue weighted by Crippen LogP contribution is -2.37. The van der Waals surface area contributed by atoms with Gasteiger partial charge in [0.05, 0.1) is 13.2 Å². The van der Waals surface area contributed by atoms with Gasteiger partial charge in [-0.2, -0.15) is 0 Å². The first-order chi connectivity index (χ1) is 13.1. The van der Waals surface area contributed by atoms with Crippen LogP contribution in [0, 0.1) is 5.82 Å². The molecular weight excluding hydrogens is 345 g/mol. The second-order valence-electron chi connectivity index (χ2n) is 6.80. The molecule has 3 aromatic rings. The van der Waals surface area contributed by atoms with Crippen molar-refractivity contribution in [1.82, 2.24) is 9.88 Å². The Bertz CT molecular complexity index is 963. The number of amides is 1. The first-order valence-electron chi connectivity index (χ1n) is 9.06. The summed E-state index contributed by atoms with van der Waals surface area (Å²) in [5.74, 6) is -0.434. The highest BCUT2D eigenvalue weighted by molar-refractivity contribution is 5.97. The first kappa shape index (κ1) is 17.5. The van der Waals surface area contributed by atoms with Gasteiger partial charge in [-0.25, -0.2) is 4.39 Å². The second-order valence-corrected chi connectivity index (χ2v) is 6.80. The van der Waals surface area contributed by atoms with E-state index in [9.17, 15) is 9.18 Å². The monoisotopic (exact) mass is 367 g/mol. The van der Waals surface area contributed by atoms with Gasteiger partial charge < -0.3 is 19.5 Å². The maximum atomic E-state index is 13.4. The van der Waals surface area contributed by atoms with Crippen LogP contribution >= 0.6 is 0 Å². The van der Waals surface area contributed by atoms with Crippen LogP contribution in [0.3, 0.4) is 0 Å². The lowest BCUT2D eigenvalue weighted by Gasteiger charge is -2.31. The van der Waals surface area contributed by atoms with Gasteiger partial charge in [0.25, 0.3) is 5.91 Å². The SMILES string of the molecule is CN(Cc1ccccc1N1CCOCC1)C(=O)c1cc2cc(F)ccc2[nH]1. The number of fused-ring (bicyclic) bond motifs is 1. The molecule has 2 heterocycles. The quantitative estimate of drug-likeness (QED) is 0.769. The summed E-state index contributed by atoms with van der Waals surface area (Å²) in [6.07, 6.45) is 0. The normalized spacial score (nSPS) is 14.5. The molecule has 1 amide bonds. The Morgan fingerprint density at radius 1 is 1.19 bits per heavy atom. The summed E-state index contributed by atoms with van der Waals surface area (Å²) in [6, 6.07) is 14.3. The summed E-state index contributed by atoms with van der Waals surface area (Å²) < 4.78 is 18.8. The summed E-state index contributed by atoms with van der Waals surface area (Å²) in [5.41, 5.74) is 3.44. The van der Waals surface area contributed by atoms with Crippen LogP contribution < -0.4 is 4.90 Å².